The second kappa shape index (κ2) is 9.01. The summed E-state index contributed by atoms with van der Waals surface area (Å²) in [6.45, 7) is 11.3. The molecule has 3 aromatic heterocycles. The van der Waals surface area contributed by atoms with Gasteiger partial charge in [0, 0.05) is 34.0 Å². The minimum absolute atomic E-state index is 0.424. The zero-order valence-corrected chi connectivity index (χ0v) is 19.5. The Morgan fingerprint density at radius 2 is 1.93 bits per heavy atom. The number of aromatic nitrogens is 4. The highest BCUT2D eigenvalue weighted by Gasteiger charge is 2.21. The molecule has 0 amide bonds. The zero-order valence-electron chi connectivity index (χ0n) is 17.8. The molecule has 4 heterocycles. The minimum atomic E-state index is -1.15. The molecule has 3 aromatic rings. The molecule has 0 aliphatic carbocycles. The number of morpholine rings is 1. The van der Waals surface area contributed by atoms with Gasteiger partial charge in [-0.25, -0.2) is 9.97 Å². The molecule has 0 saturated carbocycles. The van der Waals surface area contributed by atoms with Gasteiger partial charge in [0.1, 0.15) is 24.5 Å². The highest BCUT2D eigenvalue weighted by molar-refractivity contribution is 6.76. The molecule has 1 saturated heterocycles. The Morgan fingerprint density at radius 1 is 1.13 bits per heavy atom. The van der Waals surface area contributed by atoms with Crippen molar-refractivity contribution in [1.82, 2.24) is 19.5 Å². The second-order valence-electron chi connectivity index (χ2n) is 8.70. The fraction of sp³-hybridized carbons (Fsp3) is 0.476. The number of halogens is 1. The summed E-state index contributed by atoms with van der Waals surface area (Å²) in [7, 11) is -1.15. The van der Waals surface area contributed by atoms with Crippen molar-refractivity contribution < 1.29 is 9.47 Å². The Morgan fingerprint density at radius 3 is 2.63 bits per heavy atom. The van der Waals surface area contributed by atoms with Crippen LogP contribution in [-0.2, 0) is 16.2 Å². The van der Waals surface area contributed by atoms with Gasteiger partial charge in [-0.05, 0) is 24.2 Å². The lowest BCUT2D eigenvalue weighted by Gasteiger charge is -2.28. The van der Waals surface area contributed by atoms with E-state index in [4.69, 9.17) is 21.1 Å². The van der Waals surface area contributed by atoms with Crippen molar-refractivity contribution in [2.75, 3.05) is 37.8 Å². The number of nitrogens with zero attached hydrogens (tertiary/aromatic N) is 5. The average Bonchev–Trinajstić information content (AvgIpc) is 3.10. The van der Waals surface area contributed by atoms with E-state index in [1.165, 1.54) is 0 Å². The van der Waals surface area contributed by atoms with Crippen LogP contribution in [0.5, 0.6) is 0 Å². The first-order valence-electron chi connectivity index (χ1n) is 10.3. The number of rotatable bonds is 7. The molecule has 1 fully saturated rings. The first-order valence-corrected chi connectivity index (χ1v) is 14.4. The number of hydrogen-bond donors (Lipinski definition) is 0. The van der Waals surface area contributed by atoms with Crippen molar-refractivity contribution in [2.24, 2.45) is 0 Å². The summed E-state index contributed by atoms with van der Waals surface area (Å²) >= 11 is 6.06. The molecule has 160 valence electrons. The second-order valence-corrected chi connectivity index (χ2v) is 14.8. The number of ether oxygens (including phenoxy) is 2. The SMILES string of the molecule is C[Si](C)(C)CCOCn1c(-c2ccc(Cl)cn2)cc2c(N3CCOCC3)ncnc21. The summed E-state index contributed by atoms with van der Waals surface area (Å²) in [5.74, 6) is 0.930. The number of anilines is 1. The quantitative estimate of drug-likeness (QED) is 0.399. The lowest BCUT2D eigenvalue weighted by atomic mass is 10.2. The summed E-state index contributed by atoms with van der Waals surface area (Å²) in [6.07, 6.45) is 3.30. The number of hydrogen-bond acceptors (Lipinski definition) is 6. The van der Waals surface area contributed by atoms with Gasteiger partial charge in [0.15, 0.2) is 0 Å². The third-order valence-corrected chi connectivity index (χ3v) is 7.11. The van der Waals surface area contributed by atoms with Gasteiger partial charge in [0.25, 0.3) is 0 Å². The molecular formula is C21H28ClN5O2Si. The van der Waals surface area contributed by atoms with E-state index in [2.05, 4.69) is 50.1 Å². The fourth-order valence-corrected chi connectivity index (χ4v) is 4.35. The lowest BCUT2D eigenvalue weighted by Crippen LogP contribution is -2.36. The van der Waals surface area contributed by atoms with Crippen LogP contribution in [0.4, 0.5) is 5.82 Å². The van der Waals surface area contributed by atoms with Crippen LogP contribution >= 0.6 is 11.6 Å². The summed E-state index contributed by atoms with van der Waals surface area (Å²) in [5.41, 5.74) is 2.63. The number of pyridine rings is 1. The van der Waals surface area contributed by atoms with Gasteiger partial charge in [0.2, 0.25) is 0 Å². The van der Waals surface area contributed by atoms with Crippen LogP contribution in [0.2, 0.25) is 30.7 Å². The van der Waals surface area contributed by atoms with E-state index < -0.39 is 8.07 Å². The van der Waals surface area contributed by atoms with E-state index in [9.17, 15) is 0 Å². The predicted octanol–water partition coefficient (Wildman–Crippen LogP) is 4.30. The average molecular weight is 446 g/mol. The van der Waals surface area contributed by atoms with E-state index in [-0.39, 0.29) is 0 Å². The van der Waals surface area contributed by atoms with E-state index in [0.29, 0.717) is 25.0 Å². The van der Waals surface area contributed by atoms with Crippen molar-refractivity contribution in [3.05, 3.63) is 35.7 Å². The highest BCUT2D eigenvalue weighted by atomic mass is 35.5. The molecule has 0 spiro atoms. The van der Waals surface area contributed by atoms with Gasteiger partial charge in [-0.2, -0.15) is 0 Å². The molecule has 0 aromatic carbocycles. The maximum atomic E-state index is 6.08. The lowest BCUT2D eigenvalue weighted by molar-refractivity contribution is 0.0908. The normalized spacial score (nSPS) is 15.1. The standard InChI is InChI=1S/C21H28ClN5O2Si/c1-30(2,3)11-10-29-15-27-19(18-5-4-16(22)13-23-18)12-17-20(24-14-25-21(17)27)26-6-8-28-9-7-26/h4-5,12-14H,6-11,15H2,1-3H3. The van der Waals surface area contributed by atoms with Crippen LogP contribution < -0.4 is 4.90 Å². The van der Waals surface area contributed by atoms with E-state index in [0.717, 1.165) is 54.0 Å². The molecule has 0 bridgehead atoms. The van der Waals surface area contributed by atoms with Gasteiger partial charge in [-0.3, -0.25) is 9.55 Å². The third kappa shape index (κ3) is 4.83. The van der Waals surface area contributed by atoms with Crippen molar-refractivity contribution in [2.45, 2.75) is 32.4 Å². The van der Waals surface area contributed by atoms with Crippen molar-refractivity contribution in [3.63, 3.8) is 0 Å². The molecule has 1 aliphatic heterocycles. The summed E-state index contributed by atoms with van der Waals surface area (Å²) < 4.78 is 13.7. The molecule has 0 radical (unpaired) electrons. The van der Waals surface area contributed by atoms with Gasteiger partial charge in [0.05, 0.1) is 35.0 Å². The maximum absolute atomic E-state index is 6.08. The van der Waals surface area contributed by atoms with Crippen LogP contribution in [-0.4, -0.2) is 60.5 Å². The predicted molar refractivity (Wildman–Crippen MR) is 123 cm³/mol. The largest absolute Gasteiger partial charge is 0.378 e. The van der Waals surface area contributed by atoms with Gasteiger partial charge < -0.3 is 14.4 Å². The van der Waals surface area contributed by atoms with Gasteiger partial charge in [-0.1, -0.05) is 31.2 Å². The van der Waals surface area contributed by atoms with Crippen LogP contribution in [0.25, 0.3) is 22.4 Å². The summed E-state index contributed by atoms with van der Waals surface area (Å²) in [6, 6.07) is 7.01. The topological polar surface area (TPSA) is 65.3 Å². The van der Waals surface area contributed by atoms with Crippen LogP contribution in [0, 0.1) is 0 Å². The Kier molecular flexibility index (Phi) is 6.38. The first kappa shape index (κ1) is 21.2. The smallest absolute Gasteiger partial charge is 0.147 e. The van der Waals surface area contributed by atoms with Crippen LogP contribution in [0.3, 0.4) is 0 Å². The molecule has 0 atom stereocenters. The molecule has 9 heteroatoms. The highest BCUT2D eigenvalue weighted by Crippen LogP contribution is 2.32. The summed E-state index contributed by atoms with van der Waals surface area (Å²) in [5, 5.41) is 1.61. The molecule has 0 unspecified atom stereocenters. The van der Waals surface area contributed by atoms with Crippen LogP contribution in [0.1, 0.15) is 0 Å². The molecule has 4 rings (SSSR count). The van der Waals surface area contributed by atoms with E-state index in [1.54, 1.807) is 12.5 Å². The maximum Gasteiger partial charge on any atom is 0.147 e. The molecule has 1 aliphatic rings. The van der Waals surface area contributed by atoms with Crippen molar-refractivity contribution >= 4 is 36.5 Å². The van der Waals surface area contributed by atoms with Gasteiger partial charge >= 0.3 is 0 Å². The molecule has 0 N–H and O–H groups in total. The molecule has 30 heavy (non-hydrogen) atoms. The first-order chi connectivity index (χ1) is 14.4. The third-order valence-electron chi connectivity index (χ3n) is 5.19. The zero-order chi connectivity index (χ0) is 21.1. The van der Waals surface area contributed by atoms with Crippen molar-refractivity contribution in [3.8, 4) is 11.4 Å². The summed E-state index contributed by atoms with van der Waals surface area (Å²) in [4.78, 5) is 16.0. The monoisotopic (exact) mass is 445 g/mol. The fourth-order valence-electron chi connectivity index (χ4n) is 3.48. The molecule has 7 nitrogen and oxygen atoms in total. The Balaban J connectivity index is 1.72. The van der Waals surface area contributed by atoms with E-state index in [1.807, 2.05) is 12.1 Å². The van der Waals surface area contributed by atoms with Crippen molar-refractivity contribution in [1.29, 1.82) is 0 Å². The number of fused-ring (bicyclic) bond motifs is 1. The Labute approximate surface area is 183 Å². The Bertz CT molecular complexity index is 997. The molecular weight excluding hydrogens is 418 g/mol. The Hall–Kier alpha value is -2.00. The minimum Gasteiger partial charge on any atom is -0.378 e. The van der Waals surface area contributed by atoms with Gasteiger partial charge in [-0.15, -0.1) is 0 Å². The van der Waals surface area contributed by atoms with Crippen LogP contribution in [0.15, 0.2) is 30.7 Å². The van der Waals surface area contributed by atoms with E-state index >= 15 is 0 Å².